The Balaban J connectivity index is 1.39. The molecule has 1 heterocycles. The van der Waals surface area contributed by atoms with Gasteiger partial charge in [0.05, 0.1) is 12.6 Å². The number of nitriles is 1. The van der Waals surface area contributed by atoms with Gasteiger partial charge in [-0.3, -0.25) is 29.7 Å². The van der Waals surface area contributed by atoms with Gasteiger partial charge >= 0.3 is 0 Å². The monoisotopic (exact) mass is 547 g/mol. The molecule has 10 nitrogen and oxygen atoms in total. The SMILES string of the molecule is CN(CCON(C(=O)CCCCCCN=C(NC#N)Nc1ccncc1)C1CCCCC1)C(=O)c1ccccc1. The topological polar surface area (TPSA) is 123 Å². The first kappa shape index (κ1) is 30.6. The smallest absolute Gasteiger partial charge is 0.253 e. The molecule has 3 rings (SSSR count). The number of anilines is 1. The van der Waals surface area contributed by atoms with Gasteiger partial charge in [0.1, 0.15) is 0 Å². The van der Waals surface area contributed by atoms with Crippen LogP contribution in [0.25, 0.3) is 0 Å². The summed E-state index contributed by atoms with van der Waals surface area (Å²) < 4.78 is 0. The minimum atomic E-state index is -0.0623. The Bertz CT molecular complexity index is 1100. The summed E-state index contributed by atoms with van der Waals surface area (Å²) in [5, 5.41) is 16.2. The maximum atomic E-state index is 13.1. The van der Waals surface area contributed by atoms with Crippen molar-refractivity contribution in [1.82, 2.24) is 20.3 Å². The number of pyridine rings is 1. The molecule has 0 atom stereocenters. The van der Waals surface area contributed by atoms with Gasteiger partial charge in [0.25, 0.3) is 5.91 Å². The molecule has 2 aromatic rings. The maximum Gasteiger partial charge on any atom is 0.253 e. The van der Waals surface area contributed by atoms with E-state index in [1.165, 1.54) is 6.42 Å². The van der Waals surface area contributed by atoms with Crippen LogP contribution >= 0.6 is 0 Å². The van der Waals surface area contributed by atoms with E-state index in [2.05, 4.69) is 20.6 Å². The second-order valence-electron chi connectivity index (χ2n) is 9.93. The van der Waals surface area contributed by atoms with E-state index >= 15 is 0 Å². The highest BCUT2D eigenvalue weighted by molar-refractivity contribution is 5.94. The van der Waals surface area contributed by atoms with Crippen LogP contribution in [-0.4, -0.2) is 65.5 Å². The van der Waals surface area contributed by atoms with Crippen molar-refractivity contribution in [3.8, 4) is 6.19 Å². The van der Waals surface area contributed by atoms with Crippen LogP contribution in [-0.2, 0) is 9.63 Å². The Morgan fingerprint density at radius 1 is 1.05 bits per heavy atom. The molecule has 0 spiro atoms. The number of benzene rings is 1. The predicted octanol–water partition coefficient (Wildman–Crippen LogP) is 4.74. The van der Waals surface area contributed by atoms with E-state index in [1.54, 1.807) is 53.7 Å². The number of nitrogens with zero attached hydrogens (tertiary/aromatic N) is 5. The average molecular weight is 548 g/mol. The van der Waals surface area contributed by atoms with Gasteiger partial charge in [-0.1, -0.05) is 50.3 Å². The number of carbonyl (C=O) groups excluding carboxylic acids is 2. The van der Waals surface area contributed by atoms with Crippen LogP contribution in [0.1, 0.15) is 74.6 Å². The Kier molecular flexibility index (Phi) is 13.4. The first-order chi connectivity index (χ1) is 19.6. The third-order valence-corrected chi connectivity index (χ3v) is 6.86. The van der Waals surface area contributed by atoms with Crippen LogP contribution in [0, 0.1) is 11.5 Å². The molecule has 1 saturated carbocycles. The first-order valence-corrected chi connectivity index (χ1v) is 14.2. The molecule has 1 aliphatic rings. The van der Waals surface area contributed by atoms with Crippen LogP contribution in [0.15, 0.2) is 59.9 Å². The van der Waals surface area contributed by atoms with Gasteiger partial charge in [0.15, 0.2) is 6.19 Å². The lowest BCUT2D eigenvalue weighted by Gasteiger charge is -2.33. The number of hydrogen-bond donors (Lipinski definition) is 2. The summed E-state index contributed by atoms with van der Waals surface area (Å²) in [5.74, 6) is 0.358. The summed E-state index contributed by atoms with van der Waals surface area (Å²) in [5.41, 5.74) is 1.44. The van der Waals surface area contributed by atoms with E-state index in [0.29, 0.717) is 31.0 Å². The number of likely N-dealkylation sites (N-methyl/N-ethyl adjacent to an activating group) is 1. The van der Waals surface area contributed by atoms with Crippen molar-refractivity contribution in [2.75, 3.05) is 32.1 Å². The summed E-state index contributed by atoms with van der Waals surface area (Å²) in [6, 6.07) is 12.9. The number of amides is 2. The third kappa shape index (κ3) is 10.7. The fourth-order valence-electron chi connectivity index (χ4n) is 4.65. The fraction of sp³-hybridized carbons (Fsp3) is 0.500. The molecule has 1 aromatic carbocycles. The molecule has 1 aliphatic carbocycles. The van der Waals surface area contributed by atoms with Crippen molar-refractivity contribution in [1.29, 1.82) is 5.26 Å². The van der Waals surface area contributed by atoms with Crippen molar-refractivity contribution in [3.63, 3.8) is 0 Å². The maximum absolute atomic E-state index is 13.1. The lowest BCUT2D eigenvalue weighted by Crippen LogP contribution is -2.43. The highest BCUT2D eigenvalue weighted by Gasteiger charge is 2.26. The zero-order chi connectivity index (χ0) is 28.4. The van der Waals surface area contributed by atoms with E-state index in [1.807, 2.05) is 24.4 Å². The van der Waals surface area contributed by atoms with Crippen LogP contribution in [0.5, 0.6) is 0 Å². The van der Waals surface area contributed by atoms with Gasteiger partial charge in [0.2, 0.25) is 11.9 Å². The summed E-state index contributed by atoms with van der Waals surface area (Å²) in [7, 11) is 1.75. The summed E-state index contributed by atoms with van der Waals surface area (Å²) in [4.78, 5) is 41.8. The van der Waals surface area contributed by atoms with E-state index in [0.717, 1.165) is 57.1 Å². The van der Waals surface area contributed by atoms with Crippen LogP contribution in [0.2, 0.25) is 0 Å². The molecule has 0 saturated heterocycles. The number of aliphatic imine (C=N–C) groups is 1. The van der Waals surface area contributed by atoms with Crippen LogP contribution < -0.4 is 10.6 Å². The number of guanidine groups is 1. The van der Waals surface area contributed by atoms with E-state index < -0.39 is 0 Å². The van der Waals surface area contributed by atoms with E-state index in [-0.39, 0.29) is 24.5 Å². The van der Waals surface area contributed by atoms with Gasteiger partial charge in [-0.05, 0) is 49.9 Å². The lowest BCUT2D eigenvalue weighted by atomic mass is 9.95. The number of nitrogens with one attached hydrogen (secondary N) is 2. The second-order valence-corrected chi connectivity index (χ2v) is 9.93. The van der Waals surface area contributed by atoms with E-state index in [9.17, 15) is 9.59 Å². The van der Waals surface area contributed by atoms with Crippen molar-refractivity contribution >= 4 is 23.5 Å². The van der Waals surface area contributed by atoms with Gasteiger partial charge < -0.3 is 10.2 Å². The van der Waals surface area contributed by atoms with E-state index in [4.69, 9.17) is 10.1 Å². The van der Waals surface area contributed by atoms with Crippen molar-refractivity contribution < 1.29 is 14.4 Å². The number of aromatic nitrogens is 1. The fourth-order valence-corrected chi connectivity index (χ4v) is 4.65. The van der Waals surface area contributed by atoms with Crippen molar-refractivity contribution in [2.24, 2.45) is 4.99 Å². The largest absolute Gasteiger partial charge is 0.339 e. The average Bonchev–Trinajstić information content (AvgIpc) is 2.99. The zero-order valence-corrected chi connectivity index (χ0v) is 23.4. The number of hydroxylamine groups is 2. The van der Waals surface area contributed by atoms with Gasteiger partial charge in [0, 0.05) is 50.2 Å². The zero-order valence-electron chi connectivity index (χ0n) is 23.4. The van der Waals surface area contributed by atoms with Gasteiger partial charge in [-0.2, -0.15) is 5.26 Å². The van der Waals surface area contributed by atoms with Gasteiger partial charge in [-0.15, -0.1) is 0 Å². The molecule has 2 N–H and O–H groups in total. The number of unbranched alkanes of at least 4 members (excludes halogenated alkanes) is 3. The quantitative estimate of drug-likeness (QED) is 0.0875. The summed E-state index contributed by atoms with van der Waals surface area (Å²) in [6.07, 6.45) is 14.4. The summed E-state index contributed by atoms with van der Waals surface area (Å²) >= 11 is 0. The first-order valence-electron chi connectivity index (χ1n) is 14.2. The van der Waals surface area contributed by atoms with Crippen molar-refractivity contribution in [2.45, 2.75) is 70.3 Å². The molecule has 0 aliphatic heterocycles. The Morgan fingerprint density at radius 2 is 1.77 bits per heavy atom. The highest BCUT2D eigenvalue weighted by Crippen LogP contribution is 2.24. The molecule has 0 bridgehead atoms. The van der Waals surface area contributed by atoms with Crippen LogP contribution in [0.3, 0.4) is 0 Å². The van der Waals surface area contributed by atoms with Crippen molar-refractivity contribution in [3.05, 3.63) is 60.4 Å². The third-order valence-electron chi connectivity index (χ3n) is 6.86. The highest BCUT2D eigenvalue weighted by atomic mass is 16.7. The Labute approximate surface area is 237 Å². The molecule has 0 unspecified atom stereocenters. The molecule has 214 valence electrons. The minimum Gasteiger partial charge on any atom is -0.339 e. The number of hydrogen-bond acceptors (Lipinski definition) is 6. The minimum absolute atomic E-state index is 0.0176. The second kappa shape index (κ2) is 17.6. The Hall–Kier alpha value is -3.97. The number of carbonyl (C=O) groups is 2. The molecule has 40 heavy (non-hydrogen) atoms. The van der Waals surface area contributed by atoms with Gasteiger partial charge in [-0.25, -0.2) is 5.06 Å². The molecular weight excluding hydrogens is 506 g/mol. The molecule has 2 amide bonds. The standard InChI is InChI=1S/C30H41N7O3/c1-36(29(39)25-12-6-4-7-13-25)22-23-40-37(27-14-8-5-9-15-27)28(38)16-10-2-3-11-19-33-30(34-24-31)35-26-17-20-32-21-18-26/h4,6-7,12-13,17-18,20-21,27H,2-3,5,8-11,14-16,19,22-23H2,1H3,(H2,32,33,34,35). The Morgan fingerprint density at radius 3 is 2.50 bits per heavy atom. The molecule has 0 radical (unpaired) electrons. The number of rotatable bonds is 14. The molecule has 1 aromatic heterocycles. The van der Waals surface area contributed by atoms with Crippen LogP contribution in [0.4, 0.5) is 5.69 Å². The molecule has 1 fully saturated rings. The normalized spacial score (nSPS) is 13.8. The lowest BCUT2D eigenvalue weighted by molar-refractivity contribution is -0.204. The predicted molar refractivity (Wildman–Crippen MR) is 155 cm³/mol. The molecule has 10 heteroatoms. The molecular formula is C30H41N7O3. The summed E-state index contributed by atoms with van der Waals surface area (Å²) in [6.45, 7) is 1.26.